The lowest BCUT2D eigenvalue weighted by Gasteiger charge is -2.24. The molecule has 1 aromatic rings. The minimum Gasteiger partial charge on any atom is -0.481 e. The largest absolute Gasteiger partial charge is 0.481 e. The van der Waals surface area contributed by atoms with Crippen LogP contribution >= 0.6 is 11.6 Å². The van der Waals surface area contributed by atoms with Crippen LogP contribution in [0.15, 0.2) is 12.1 Å². The first-order valence-corrected chi connectivity index (χ1v) is 5.60. The van der Waals surface area contributed by atoms with Crippen LogP contribution in [0.1, 0.15) is 25.8 Å². The number of hydrogen-bond acceptors (Lipinski definition) is 3. The molecule has 0 radical (unpaired) electrons. The average molecular weight is 257 g/mol. The van der Waals surface area contributed by atoms with Crippen LogP contribution in [-0.4, -0.2) is 17.9 Å². The van der Waals surface area contributed by atoms with Gasteiger partial charge in [-0.1, -0.05) is 31.5 Å². The van der Waals surface area contributed by atoms with E-state index in [0.29, 0.717) is 16.5 Å². The van der Waals surface area contributed by atoms with Gasteiger partial charge in [-0.2, -0.15) is 0 Å². The third kappa shape index (κ3) is 2.17. The molecule has 0 spiro atoms. The number of rotatable bonds is 3. The number of halogens is 1. The molecule has 5 heteroatoms. The zero-order valence-corrected chi connectivity index (χ0v) is 10.4. The van der Waals surface area contributed by atoms with Crippen LogP contribution in [0, 0.1) is 0 Å². The van der Waals surface area contributed by atoms with Crippen molar-refractivity contribution in [1.29, 1.82) is 0 Å². The summed E-state index contributed by atoms with van der Waals surface area (Å²) < 4.78 is 10.5. The van der Waals surface area contributed by atoms with Crippen molar-refractivity contribution >= 4 is 17.6 Å². The van der Waals surface area contributed by atoms with Gasteiger partial charge in [0.1, 0.15) is 0 Å². The van der Waals surface area contributed by atoms with Crippen molar-refractivity contribution in [3.05, 3.63) is 22.7 Å². The first kappa shape index (κ1) is 12.0. The zero-order valence-electron chi connectivity index (χ0n) is 9.62. The van der Waals surface area contributed by atoms with Gasteiger partial charge in [-0.15, -0.1) is 0 Å². The van der Waals surface area contributed by atoms with Gasteiger partial charge in [0.2, 0.25) is 6.79 Å². The Balaban J connectivity index is 2.43. The summed E-state index contributed by atoms with van der Waals surface area (Å²) in [5.74, 6) is 0.247. The minimum atomic E-state index is -0.858. The number of carbonyl (C=O) groups is 1. The number of benzene rings is 1. The molecule has 1 N–H and O–H groups in total. The van der Waals surface area contributed by atoms with Crippen molar-refractivity contribution in [3.8, 4) is 11.5 Å². The van der Waals surface area contributed by atoms with E-state index < -0.39 is 11.4 Å². The third-order valence-corrected chi connectivity index (χ3v) is 3.18. The van der Waals surface area contributed by atoms with Crippen LogP contribution in [-0.2, 0) is 10.2 Å². The number of ether oxygens (including phenoxy) is 2. The lowest BCUT2D eigenvalue weighted by atomic mass is 9.81. The van der Waals surface area contributed by atoms with E-state index in [-0.39, 0.29) is 13.2 Å². The molecule has 1 aliphatic rings. The zero-order chi connectivity index (χ0) is 12.6. The topological polar surface area (TPSA) is 55.8 Å². The molecule has 0 bridgehead atoms. The molecule has 92 valence electrons. The van der Waals surface area contributed by atoms with Crippen molar-refractivity contribution < 1.29 is 19.4 Å². The summed E-state index contributed by atoms with van der Waals surface area (Å²) in [5, 5.41) is 9.33. The second-order valence-electron chi connectivity index (χ2n) is 4.62. The fourth-order valence-electron chi connectivity index (χ4n) is 1.93. The van der Waals surface area contributed by atoms with Crippen molar-refractivity contribution in [2.75, 3.05) is 6.79 Å². The summed E-state index contributed by atoms with van der Waals surface area (Å²) in [7, 11) is 0. The van der Waals surface area contributed by atoms with E-state index in [0.717, 1.165) is 5.56 Å². The molecule has 2 rings (SSSR count). The summed E-state index contributed by atoms with van der Waals surface area (Å²) >= 11 is 6.22. The molecule has 0 aliphatic carbocycles. The summed E-state index contributed by atoms with van der Waals surface area (Å²) in [6, 6.07) is 3.55. The average Bonchev–Trinajstić information content (AvgIpc) is 2.64. The molecule has 0 amide bonds. The van der Waals surface area contributed by atoms with E-state index in [9.17, 15) is 4.79 Å². The predicted octanol–water partition coefficient (Wildman–Crippen LogP) is 2.82. The van der Waals surface area contributed by atoms with Gasteiger partial charge in [0.25, 0.3) is 0 Å². The van der Waals surface area contributed by atoms with Gasteiger partial charge in [-0.05, 0) is 11.6 Å². The predicted molar refractivity (Wildman–Crippen MR) is 62.9 cm³/mol. The Hall–Kier alpha value is -1.42. The summed E-state index contributed by atoms with van der Waals surface area (Å²) in [4.78, 5) is 10.8. The smallest absolute Gasteiger partial charge is 0.304 e. The van der Waals surface area contributed by atoms with Crippen molar-refractivity contribution in [3.63, 3.8) is 0 Å². The van der Waals surface area contributed by atoms with E-state index in [1.54, 1.807) is 12.1 Å². The summed E-state index contributed by atoms with van der Waals surface area (Å²) in [6.07, 6.45) is 0.00631. The van der Waals surface area contributed by atoms with E-state index >= 15 is 0 Å². The molecule has 0 atom stereocenters. The highest BCUT2D eigenvalue weighted by atomic mass is 35.5. The SMILES string of the molecule is CC(C)(CC(=O)O)c1ccc2c(c1Cl)OCO2. The molecular weight excluding hydrogens is 244 g/mol. The number of aliphatic carboxylic acids is 1. The summed E-state index contributed by atoms with van der Waals surface area (Å²) in [5.41, 5.74) is 0.204. The van der Waals surface area contributed by atoms with Crippen LogP contribution in [0.25, 0.3) is 0 Å². The lowest BCUT2D eigenvalue weighted by Crippen LogP contribution is -2.22. The molecule has 1 aliphatic heterocycles. The molecule has 0 unspecified atom stereocenters. The Kier molecular flexibility index (Phi) is 2.91. The Morgan fingerprint density at radius 2 is 2.18 bits per heavy atom. The first-order valence-electron chi connectivity index (χ1n) is 5.22. The van der Waals surface area contributed by atoms with Crippen LogP contribution < -0.4 is 9.47 Å². The molecule has 17 heavy (non-hydrogen) atoms. The van der Waals surface area contributed by atoms with Gasteiger partial charge in [0.05, 0.1) is 11.4 Å². The first-order chi connectivity index (χ1) is 7.92. The van der Waals surface area contributed by atoms with Gasteiger partial charge < -0.3 is 14.6 Å². The Bertz CT molecular complexity index is 468. The maximum Gasteiger partial charge on any atom is 0.304 e. The van der Waals surface area contributed by atoms with Crippen LogP contribution in [0.4, 0.5) is 0 Å². The van der Waals surface area contributed by atoms with Crippen LogP contribution in [0.5, 0.6) is 11.5 Å². The number of carboxylic acids is 1. The number of hydrogen-bond donors (Lipinski definition) is 1. The highest BCUT2D eigenvalue weighted by Gasteiger charge is 2.30. The van der Waals surface area contributed by atoms with Gasteiger partial charge in [0.15, 0.2) is 11.5 Å². The molecule has 0 aromatic heterocycles. The van der Waals surface area contributed by atoms with Gasteiger partial charge in [0, 0.05) is 5.41 Å². The standard InChI is InChI=1S/C12H13ClO4/c1-12(2,5-9(14)15)7-3-4-8-11(10(7)13)17-6-16-8/h3-4H,5-6H2,1-2H3,(H,14,15). The number of fused-ring (bicyclic) bond motifs is 1. The van der Waals surface area contributed by atoms with Crippen molar-refractivity contribution in [2.45, 2.75) is 25.7 Å². The van der Waals surface area contributed by atoms with E-state index in [1.165, 1.54) is 0 Å². The second kappa shape index (κ2) is 4.11. The normalized spacial score (nSPS) is 13.8. The monoisotopic (exact) mass is 256 g/mol. The van der Waals surface area contributed by atoms with E-state index in [1.807, 2.05) is 13.8 Å². The molecule has 0 fully saturated rings. The molecule has 4 nitrogen and oxygen atoms in total. The van der Waals surface area contributed by atoms with Gasteiger partial charge in [-0.3, -0.25) is 4.79 Å². The molecule has 1 heterocycles. The minimum absolute atomic E-state index is 0.00631. The summed E-state index contributed by atoms with van der Waals surface area (Å²) in [6.45, 7) is 3.83. The Morgan fingerprint density at radius 3 is 2.82 bits per heavy atom. The highest BCUT2D eigenvalue weighted by Crippen LogP contribution is 2.45. The molecule has 0 saturated heterocycles. The highest BCUT2D eigenvalue weighted by molar-refractivity contribution is 6.33. The Morgan fingerprint density at radius 1 is 1.47 bits per heavy atom. The van der Waals surface area contributed by atoms with Crippen LogP contribution in [0.2, 0.25) is 5.02 Å². The Labute approximate surface area is 104 Å². The van der Waals surface area contributed by atoms with Gasteiger partial charge >= 0.3 is 5.97 Å². The molecule has 0 saturated carbocycles. The van der Waals surface area contributed by atoms with Crippen molar-refractivity contribution in [1.82, 2.24) is 0 Å². The van der Waals surface area contributed by atoms with E-state index in [4.69, 9.17) is 26.2 Å². The van der Waals surface area contributed by atoms with Gasteiger partial charge in [-0.25, -0.2) is 0 Å². The molecular formula is C12H13ClO4. The maximum absolute atomic E-state index is 10.8. The maximum atomic E-state index is 10.8. The van der Waals surface area contributed by atoms with E-state index in [2.05, 4.69) is 0 Å². The van der Waals surface area contributed by atoms with Crippen LogP contribution in [0.3, 0.4) is 0 Å². The molecule has 1 aromatic carbocycles. The number of carboxylic acid groups (broad SMARTS) is 1. The fraction of sp³-hybridized carbons (Fsp3) is 0.417. The van der Waals surface area contributed by atoms with Crippen molar-refractivity contribution in [2.24, 2.45) is 0 Å². The third-order valence-electron chi connectivity index (χ3n) is 2.80. The lowest BCUT2D eigenvalue weighted by molar-refractivity contribution is -0.138. The second-order valence-corrected chi connectivity index (χ2v) is 4.99. The fourth-order valence-corrected chi connectivity index (χ4v) is 2.40. The quantitative estimate of drug-likeness (QED) is 0.904.